The molecule has 2 aromatic rings. The third kappa shape index (κ3) is 3.20. The fourth-order valence-corrected chi connectivity index (χ4v) is 3.99. The van der Waals surface area contributed by atoms with Crippen molar-refractivity contribution in [1.29, 1.82) is 0 Å². The molecular weight excluding hydrogens is 346 g/mol. The minimum absolute atomic E-state index is 0.105. The van der Waals surface area contributed by atoms with E-state index < -0.39 is 4.92 Å². The number of aliphatic imine (C=N–C) groups is 1. The summed E-state index contributed by atoms with van der Waals surface area (Å²) >= 11 is 0. The van der Waals surface area contributed by atoms with Crippen LogP contribution in [-0.2, 0) is 12.8 Å². The highest BCUT2D eigenvalue weighted by molar-refractivity contribution is 5.89. The number of phenols is 2. The molecule has 0 unspecified atom stereocenters. The molecular formula is C20H21N3O4. The van der Waals surface area contributed by atoms with Crippen molar-refractivity contribution in [2.24, 2.45) is 4.99 Å². The highest BCUT2D eigenvalue weighted by Crippen LogP contribution is 2.41. The van der Waals surface area contributed by atoms with Gasteiger partial charge in [-0.2, -0.15) is 0 Å². The van der Waals surface area contributed by atoms with E-state index in [0.717, 1.165) is 50.8 Å². The van der Waals surface area contributed by atoms with Crippen molar-refractivity contribution < 1.29 is 15.1 Å². The molecule has 2 heterocycles. The van der Waals surface area contributed by atoms with E-state index in [-0.39, 0.29) is 22.9 Å². The first-order valence-electron chi connectivity index (χ1n) is 9.19. The SMILES string of the molecule is O=[N+]([O-])c1ccc(O)c(N=Cc2cc3c4c(c2O)CCCN4CCCC3)c1. The Hall–Kier alpha value is -3.09. The van der Waals surface area contributed by atoms with Gasteiger partial charge in [-0.3, -0.25) is 15.1 Å². The summed E-state index contributed by atoms with van der Waals surface area (Å²) < 4.78 is 0. The summed E-state index contributed by atoms with van der Waals surface area (Å²) in [7, 11) is 0. The molecule has 140 valence electrons. The predicted octanol–water partition coefficient (Wildman–Crippen LogP) is 3.85. The van der Waals surface area contributed by atoms with Crippen molar-refractivity contribution in [3.8, 4) is 11.5 Å². The molecule has 2 N–H and O–H groups in total. The standard InChI is InChI=1S/C20H21N3O4/c24-18-7-6-15(23(26)27)11-17(18)21-12-14-10-13-4-1-2-8-22-9-3-5-16(19(13)22)20(14)25/h6-7,10-12,24-25H,1-5,8-9H2. The van der Waals surface area contributed by atoms with Crippen molar-refractivity contribution in [3.63, 3.8) is 0 Å². The Morgan fingerprint density at radius 3 is 2.74 bits per heavy atom. The maximum atomic E-state index is 10.9. The van der Waals surface area contributed by atoms with Gasteiger partial charge < -0.3 is 15.1 Å². The van der Waals surface area contributed by atoms with Gasteiger partial charge in [-0.1, -0.05) is 0 Å². The lowest BCUT2D eigenvalue weighted by Gasteiger charge is -2.32. The maximum Gasteiger partial charge on any atom is 0.271 e. The predicted molar refractivity (Wildman–Crippen MR) is 104 cm³/mol. The van der Waals surface area contributed by atoms with Crippen LogP contribution in [0, 0.1) is 10.1 Å². The van der Waals surface area contributed by atoms with Crippen LogP contribution < -0.4 is 4.90 Å². The van der Waals surface area contributed by atoms with E-state index in [0.29, 0.717) is 5.56 Å². The average molecular weight is 367 g/mol. The number of aromatic hydroxyl groups is 2. The highest BCUT2D eigenvalue weighted by atomic mass is 16.6. The molecule has 0 aromatic heterocycles. The molecule has 27 heavy (non-hydrogen) atoms. The van der Waals surface area contributed by atoms with E-state index in [1.165, 1.54) is 35.7 Å². The summed E-state index contributed by atoms with van der Waals surface area (Å²) in [6.07, 6.45) is 6.52. The van der Waals surface area contributed by atoms with E-state index in [1.54, 1.807) is 0 Å². The van der Waals surface area contributed by atoms with E-state index in [4.69, 9.17) is 0 Å². The number of hydrogen-bond acceptors (Lipinski definition) is 6. The summed E-state index contributed by atoms with van der Waals surface area (Å²) in [4.78, 5) is 17.0. The summed E-state index contributed by atoms with van der Waals surface area (Å²) in [6, 6.07) is 5.66. The van der Waals surface area contributed by atoms with Crippen LogP contribution in [0.5, 0.6) is 11.5 Å². The molecule has 0 saturated carbocycles. The van der Waals surface area contributed by atoms with Crippen molar-refractivity contribution in [1.82, 2.24) is 0 Å². The van der Waals surface area contributed by atoms with Gasteiger partial charge in [-0.05, 0) is 49.8 Å². The van der Waals surface area contributed by atoms with E-state index in [2.05, 4.69) is 9.89 Å². The second-order valence-corrected chi connectivity index (χ2v) is 7.04. The van der Waals surface area contributed by atoms with Crippen LogP contribution in [0.25, 0.3) is 0 Å². The molecule has 0 aliphatic carbocycles. The zero-order valence-electron chi connectivity index (χ0n) is 14.9. The average Bonchev–Trinajstić information content (AvgIpc) is 2.87. The molecule has 7 nitrogen and oxygen atoms in total. The molecule has 2 aromatic carbocycles. The van der Waals surface area contributed by atoms with E-state index in [9.17, 15) is 20.3 Å². The molecule has 2 aliphatic heterocycles. The highest BCUT2D eigenvalue weighted by Gasteiger charge is 2.26. The Labute approximate surface area is 156 Å². The zero-order valence-corrected chi connectivity index (χ0v) is 14.9. The Morgan fingerprint density at radius 2 is 1.93 bits per heavy atom. The largest absolute Gasteiger partial charge is 0.507 e. The number of anilines is 1. The quantitative estimate of drug-likeness (QED) is 0.488. The fourth-order valence-electron chi connectivity index (χ4n) is 3.99. The minimum Gasteiger partial charge on any atom is -0.507 e. The van der Waals surface area contributed by atoms with Gasteiger partial charge >= 0.3 is 0 Å². The van der Waals surface area contributed by atoms with Gasteiger partial charge in [-0.25, -0.2) is 0 Å². The van der Waals surface area contributed by atoms with Gasteiger partial charge in [-0.15, -0.1) is 0 Å². The van der Waals surface area contributed by atoms with Crippen molar-refractivity contribution >= 4 is 23.3 Å². The van der Waals surface area contributed by atoms with Gasteiger partial charge in [0.2, 0.25) is 0 Å². The number of hydrogen-bond donors (Lipinski definition) is 2. The minimum atomic E-state index is -0.531. The van der Waals surface area contributed by atoms with Crippen LogP contribution in [0.2, 0.25) is 0 Å². The van der Waals surface area contributed by atoms with Crippen molar-refractivity contribution in [2.75, 3.05) is 18.0 Å². The third-order valence-corrected chi connectivity index (χ3v) is 5.29. The molecule has 0 amide bonds. The van der Waals surface area contributed by atoms with Crippen molar-refractivity contribution in [2.45, 2.75) is 32.1 Å². The van der Waals surface area contributed by atoms with Crippen LogP contribution in [0.15, 0.2) is 29.3 Å². The van der Waals surface area contributed by atoms with Gasteiger partial charge in [0.05, 0.1) is 4.92 Å². The number of nitrogens with zero attached hydrogens (tertiary/aromatic N) is 3. The lowest BCUT2D eigenvalue weighted by molar-refractivity contribution is -0.384. The lowest BCUT2D eigenvalue weighted by Crippen LogP contribution is -2.30. The monoisotopic (exact) mass is 367 g/mol. The first-order chi connectivity index (χ1) is 13.0. The molecule has 0 radical (unpaired) electrons. The second-order valence-electron chi connectivity index (χ2n) is 7.04. The van der Waals surface area contributed by atoms with E-state index >= 15 is 0 Å². The number of nitro groups is 1. The first-order valence-corrected chi connectivity index (χ1v) is 9.19. The Bertz CT molecular complexity index is 939. The summed E-state index contributed by atoms with van der Waals surface area (Å²) in [5, 5.41) is 31.7. The number of aryl methyl sites for hydroxylation is 1. The summed E-state index contributed by atoms with van der Waals surface area (Å²) in [5.41, 5.74) is 3.89. The third-order valence-electron chi connectivity index (χ3n) is 5.29. The van der Waals surface area contributed by atoms with Gasteiger partial charge in [0, 0.05) is 48.3 Å². The second kappa shape index (κ2) is 6.90. The number of nitro benzene ring substituents is 1. The first kappa shape index (κ1) is 17.3. The van der Waals surface area contributed by atoms with Crippen LogP contribution in [-0.4, -0.2) is 34.4 Å². The normalized spacial score (nSPS) is 16.2. The summed E-state index contributed by atoms with van der Waals surface area (Å²) in [6.45, 7) is 2.04. The lowest BCUT2D eigenvalue weighted by atomic mass is 9.93. The topological polar surface area (TPSA) is 99.2 Å². The van der Waals surface area contributed by atoms with Gasteiger partial charge in [0.15, 0.2) is 0 Å². The Morgan fingerprint density at radius 1 is 1.11 bits per heavy atom. The molecule has 0 fully saturated rings. The number of benzene rings is 2. The van der Waals surface area contributed by atoms with Crippen LogP contribution >= 0.6 is 0 Å². The molecule has 2 aliphatic rings. The number of phenolic OH excluding ortho intramolecular Hbond substituents is 2. The van der Waals surface area contributed by atoms with Crippen LogP contribution in [0.3, 0.4) is 0 Å². The number of rotatable bonds is 3. The molecule has 0 spiro atoms. The molecule has 7 heteroatoms. The maximum absolute atomic E-state index is 10.9. The van der Waals surface area contributed by atoms with Crippen LogP contribution in [0.1, 0.15) is 36.0 Å². The van der Waals surface area contributed by atoms with Crippen LogP contribution in [0.4, 0.5) is 17.1 Å². The van der Waals surface area contributed by atoms with Gasteiger partial charge in [0.25, 0.3) is 5.69 Å². The smallest absolute Gasteiger partial charge is 0.271 e. The molecule has 0 saturated heterocycles. The summed E-state index contributed by atoms with van der Waals surface area (Å²) in [5.74, 6) is 0.0765. The number of non-ortho nitro benzene ring substituents is 1. The van der Waals surface area contributed by atoms with E-state index in [1.807, 2.05) is 6.07 Å². The Balaban J connectivity index is 1.75. The molecule has 0 atom stereocenters. The molecule has 0 bridgehead atoms. The van der Waals surface area contributed by atoms with Crippen molar-refractivity contribution in [3.05, 3.63) is 51.1 Å². The molecule has 4 rings (SSSR count). The zero-order chi connectivity index (χ0) is 19.0. The Kier molecular flexibility index (Phi) is 4.43. The van der Waals surface area contributed by atoms with Gasteiger partial charge in [0.1, 0.15) is 17.2 Å². The fraction of sp³-hybridized carbons (Fsp3) is 0.350.